The smallest absolute Gasteiger partial charge is 0.270 e. The molecule has 1 aromatic rings. The van der Waals surface area contributed by atoms with E-state index in [-0.39, 0.29) is 5.91 Å². The highest BCUT2D eigenvalue weighted by Crippen LogP contribution is 2.18. The van der Waals surface area contributed by atoms with Crippen LogP contribution in [0.5, 0.6) is 0 Å². The maximum atomic E-state index is 12.1. The maximum absolute atomic E-state index is 12.1. The highest BCUT2D eigenvalue weighted by Gasteiger charge is 2.17. The lowest BCUT2D eigenvalue weighted by atomic mass is 10.3. The van der Waals surface area contributed by atoms with Crippen molar-refractivity contribution >= 4 is 11.7 Å². The fourth-order valence-corrected chi connectivity index (χ4v) is 2.26. The van der Waals surface area contributed by atoms with Crippen LogP contribution in [0.4, 0.5) is 5.82 Å². The van der Waals surface area contributed by atoms with Gasteiger partial charge in [0.05, 0.1) is 0 Å². The average molecular weight is 277 g/mol. The van der Waals surface area contributed by atoms with Gasteiger partial charge in [-0.15, -0.1) is 0 Å². The quantitative estimate of drug-likeness (QED) is 0.857. The molecule has 6 heteroatoms. The molecule has 1 amide bonds. The van der Waals surface area contributed by atoms with E-state index in [1.54, 1.807) is 6.07 Å². The second-order valence-corrected chi connectivity index (χ2v) is 5.41. The van der Waals surface area contributed by atoms with Crippen molar-refractivity contribution in [2.24, 2.45) is 0 Å². The van der Waals surface area contributed by atoms with Crippen molar-refractivity contribution in [3.63, 3.8) is 0 Å². The molecule has 1 aliphatic rings. The van der Waals surface area contributed by atoms with Crippen LogP contribution in [0.3, 0.4) is 0 Å². The first-order chi connectivity index (χ1) is 9.56. The van der Waals surface area contributed by atoms with Crippen LogP contribution in [-0.2, 0) is 0 Å². The molecule has 110 valence electrons. The maximum Gasteiger partial charge on any atom is 0.270 e. The summed E-state index contributed by atoms with van der Waals surface area (Å²) in [5.41, 5.74) is 0.457. The number of carbonyl (C=O) groups is 1. The molecule has 0 aliphatic carbocycles. The number of anilines is 1. The van der Waals surface area contributed by atoms with E-state index in [0.29, 0.717) is 18.1 Å². The SMILES string of the molecule is Cc1nc(C(=O)NCCN(C)C)cc(N2CCCC2)n1. The Labute approximate surface area is 120 Å². The van der Waals surface area contributed by atoms with E-state index < -0.39 is 0 Å². The van der Waals surface area contributed by atoms with Crippen molar-refractivity contribution in [2.75, 3.05) is 45.2 Å². The van der Waals surface area contributed by atoms with Gasteiger partial charge in [0.1, 0.15) is 17.3 Å². The highest BCUT2D eigenvalue weighted by atomic mass is 16.1. The monoisotopic (exact) mass is 277 g/mol. The van der Waals surface area contributed by atoms with E-state index in [1.165, 1.54) is 12.8 Å². The fraction of sp³-hybridized carbons (Fsp3) is 0.643. The van der Waals surface area contributed by atoms with E-state index in [2.05, 4.69) is 20.2 Å². The van der Waals surface area contributed by atoms with Gasteiger partial charge >= 0.3 is 0 Å². The number of hydrogen-bond acceptors (Lipinski definition) is 5. The summed E-state index contributed by atoms with van der Waals surface area (Å²) in [6.07, 6.45) is 2.38. The van der Waals surface area contributed by atoms with Crippen LogP contribution in [0.25, 0.3) is 0 Å². The number of aromatic nitrogens is 2. The Balaban J connectivity index is 2.05. The summed E-state index contributed by atoms with van der Waals surface area (Å²) in [5.74, 6) is 1.39. The molecule has 1 fully saturated rings. The van der Waals surface area contributed by atoms with E-state index in [0.717, 1.165) is 25.5 Å². The Morgan fingerprint density at radius 2 is 2.05 bits per heavy atom. The Bertz CT molecular complexity index is 469. The Morgan fingerprint density at radius 1 is 1.35 bits per heavy atom. The molecule has 1 N–H and O–H groups in total. The summed E-state index contributed by atoms with van der Waals surface area (Å²) in [6, 6.07) is 1.79. The topological polar surface area (TPSA) is 61.4 Å². The van der Waals surface area contributed by atoms with Crippen LogP contribution in [0, 0.1) is 6.92 Å². The van der Waals surface area contributed by atoms with E-state index in [1.807, 2.05) is 25.9 Å². The zero-order valence-corrected chi connectivity index (χ0v) is 12.5. The number of aryl methyl sites for hydroxylation is 1. The Kier molecular flexibility index (Phi) is 4.89. The van der Waals surface area contributed by atoms with Crippen molar-refractivity contribution in [3.8, 4) is 0 Å². The van der Waals surface area contributed by atoms with Crippen LogP contribution in [-0.4, -0.2) is 61.0 Å². The predicted molar refractivity (Wildman–Crippen MR) is 79.1 cm³/mol. The molecule has 0 atom stereocenters. The predicted octanol–water partition coefficient (Wildman–Crippen LogP) is 0.677. The van der Waals surface area contributed by atoms with E-state index in [4.69, 9.17) is 0 Å². The molecule has 0 aromatic carbocycles. The summed E-state index contributed by atoms with van der Waals surface area (Å²) in [4.78, 5) is 25.0. The van der Waals surface area contributed by atoms with Gasteiger partial charge < -0.3 is 15.1 Å². The number of nitrogens with one attached hydrogen (secondary N) is 1. The van der Waals surface area contributed by atoms with Crippen molar-refractivity contribution < 1.29 is 4.79 Å². The molecule has 1 saturated heterocycles. The second kappa shape index (κ2) is 6.65. The number of amides is 1. The van der Waals surface area contributed by atoms with Crippen molar-refractivity contribution in [3.05, 3.63) is 17.6 Å². The van der Waals surface area contributed by atoms with Gasteiger partial charge in [-0.2, -0.15) is 0 Å². The van der Waals surface area contributed by atoms with Crippen molar-refractivity contribution in [2.45, 2.75) is 19.8 Å². The van der Waals surface area contributed by atoms with Crippen molar-refractivity contribution in [1.29, 1.82) is 0 Å². The van der Waals surface area contributed by atoms with Gasteiger partial charge in [0, 0.05) is 32.2 Å². The van der Waals surface area contributed by atoms with Crippen molar-refractivity contribution in [1.82, 2.24) is 20.2 Å². The number of likely N-dealkylation sites (N-methyl/N-ethyl adjacent to an activating group) is 1. The van der Waals surface area contributed by atoms with Crippen LogP contribution in [0.15, 0.2) is 6.07 Å². The summed E-state index contributed by atoms with van der Waals surface area (Å²) in [7, 11) is 3.96. The molecule has 1 aliphatic heterocycles. The molecule has 0 spiro atoms. The zero-order chi connectivity index (χ0) is 14.5. The van der Waals surface area contributed by atoms with Gasteiger partial charge in [-0.05, 0) is 33.9 Å². The molecular formula is C14H23N5O. The van der Waals surface area contributed by atoms with E-state index >= 15 is 0 Å². The Hall–Kier alpha value is -1.69. The van der Waals surface area contributed by atoms with Gasteiger partial charge in [-0.3, -0.25) is 4.79 Å². The lowest BCUT2D eigenvalue weighted by molar-refractivity contribution is 0.0945. The third-order valence-corrected chi connectivity index (χ3v) is 3.33. The average Bonchev–Trinajstić information content (AvgIpc) is 2.91. The van der Waals surface area contributed by atoms with Gasteiger partial charge in [0.25, 0.3) is 5.91 Å². The number of nitrogens with zero attached hydrogens (tertiary/aromatic N) is 4. The third-order valence-electron chi connectivity index (χ3n) is 3.33. The number of hydrogen-bond donors (Lipinski definition) is 1. The Morgan fingerprint density at radius 3 is 2.70 bits per heavy atom. The van der Waals surface area contributed by atoms with Gasteiger partial charge in [0.15, 0.2) is 0 Å². The highest BCUT2D eigenvalue weighted by molar-refractivity contribution is 5.92. The molecule has 20 heavy (non-hydrogen) atoms. The summed E-state index contributed by atoms with van der Waals surface area (Å²) in [6.45, 7) is 5.29. The first kappa shape index (κ1) is 14.7. The molecule has 0 radical (unpaired) electrons. The minimum Gasteiger partial charge on any atom is -0.356 e. The lowest BCUT2D eigenvalue weighted by Gasteiger charge is -2.17. The first-order valence-corrected chi connectivity index (χ1v) is 7.10. The molecular weight excluding hydrogens is 254 g/mol. The molecule has 0 saturated carbocycles. The number of rotatable bonds is 5. The molecule has 6 nitrogen and oxygen atoms in total. The summed E-state index contributed by atoms with van der Waals surface area (Å²) < 4.78 is 0. The third kappa shape index (κ3) is 3.90. The summed E-state index contributed by atoms with van der Waals surface area (Å²) >= 11 is 0. The molecule has 2 rings (SSSR count). The normalized spacial score (nSPS) is 14.9. The lowest BCUT2D eigenvalue weighted by Crippen LogP contribution is -2.32. The second-order valence-electron chi connectivity index (χ2n) is 5.41. The van der Waals surface area contributed by atoms with Crippen LogP contribution in [0.1, 0.15) is 29.2 Å². The van der Waals surface area contributed by atoms with E-state index in [9.17, 15) is 4.79 Å². The van der Waals surface area contributed by atoms with Gasteiger partial charge in [-0.25, -0.2) is 9.97 Å². The molecule has 1 aromatic heterocycles. The number of carbonyl (C=O) groups excluding carboxylic acids is 1. The minimum absolute atomic E-state index is 0.127. The minimum atomic E-state index is -0.127. The van der Waals surface area contributed by atoms with Gasteiger partial charge in [-0.1, -0.05) is 0 Å². The standard InChI is InChI=1S/C14H23N5O/c1-11-16-12(14(20)15-6-9-18(2)3)10-13(17-11)19-7-4-5-8-19/h10H,4-9H2,1-3H3,(H,15,20). The zero-order valence-electron chi connectivity index (χ0n) is 12.5. The molecule has 0 unspecified atom stereocenters. The molecule has 2 heterocycles. The van der Waals surface area contributed by atoms with Gasteiger partial charge in [0.2, 0.25) is 0 Å². The fourth-order valence-electron chi connectivity index (χ4n) is 2.26. The first-order valence-electron chi connectivity index (χ1n) is 7.10. The largest absolute Gasteiger partial charge is 0.356 e. The van der Waals surface area contributed by atoms with Crippen LogP contribution in [0.2, 0.25) is 0 Å². The van der Waals surface area contributed by atoms with Crippen LogP contribution >= 0.6 is 0 Å². The summed E-state index contributed by atoms with van der Waals surface area (Å²) in [5, 5.41) is 2.89. The van der Waals surface area contributed by atoms with Crippen LogP contribution < -0.4 is 10.2 Å². The molecule has 0 bridgehead atoms.